The van der Waals surface area contributed by atoms with Crippen LogP contribution < -0.4 is 21.3 Å². The maximum absolute atomic E-state index is 12.4. The summed E-state index contributed by atoms with van der Waals surface area (Å²) < 4.78 is 27.3. The minimum Gasteiger partial charge on any atom is -0.313 e. The second-order valence-electron chi connectivity index (χ2n) is 7.06. The molecule has 1 aromatic heterocycles. The highest BCUT2D eigenvalue weighted by Gasteiger charge is 2.39. The lowest BCUT2D eigenvalue weighted by Gasteiger charge is -2.46. The van der Waals surface area contributed by atoms with Crippen LogP contribution in [0.2, 0.25) is 0 Å². The third-order valence-electron chi connectivity index (χ3n) is 3.59. The fraction of sp³-hybridized carbons (Fsp3) is 0.692. The molecular formula is C13H22N4O4S. The zero-order valence-corrected chi connectivity index (χ0v) is 13.9. The molecule has 1 aliphatic rings. The van der Waals surface area contributed by atoms with Crippen molar-refractivity contribution in [3.63, 3.8) is 0 Å². The molecule has 8 nitrogen and oxygen atoms in total. The van der Waals surface area contributed by atoms with Gasteiger partial charge in [0.05, 0.1) is 0 Å². The van der Waals surface area contributed by atoms with E-state index in [1.807, 2.05) is 32.7 Å². The quantitative estimate of drug-likeness (QED) is 0.603. The average molecular weight is 330 g/mol. The van der Waals surface area contributed by atoms with Crippen molar-refractivity contribution < 1.29 is 8.42 Å². The predicted octanol–water partition coefficient (Wildman–Crippen LogP) is -0.349. The van der Waals surface area contributed by atoms with Crippen LogP contribution in [-0.2, 0) is 10.0 Å². The summed E-state index contributed by atoms with van der Waals surface area (Å²) in [6.07, 6.45) is 2.11. The van der Waals surface area contributed by atoms with Gasteiger partial charge in [0.15, 0.2) is 4.90 Å². The molecule has 0 aromatic carbocycles. The van der Waals surface area contributed by atoms with Gasteiger partial charge in [-0.1, -0.05) is 0 Å². The summed E-state index contributed by atoms with van der Waals surface area (Å²) in [5.74, 6) is 0. The summed E-state index contributed by atoms with van der Waals surface area (Å²) in [6.45, 7) is 8.01. The highest BCUT2D eigenvalue weighted by atomic mass is 32.2. The Bertz CT molecular complexity index is 760. The van der Waals surface area contributed by atoms with Crippen LogP contribution in [0.3, 0.4) is 0 Å². The highest BCUT2D eigenvalue weighted by Crippen LogP contribution is 2.29. The molecule has 1 saturated heterocycles. The van der Waals surface area contributed by atoms with Crippen molar-refractivity contribution in [3.8, 4) is 0 Å². The van der Waals surface area contributed by atoms with Crippen LogP contribution in [0.15, 0.2) is 20.7 Å². The van der Waals surface area contributed by atoms with Crippen LogP contribution in [0, 0.1) is 0 Å². The number of aromatic nitrogens is 2. The number of rotatable bonds is 3. The zero-order chi connectivity index (χ0) is 16.8. The predicted molar refractivity (Wildman–Crippen MR) is 82.3 cm³/mol. The third-order valence-corrected chi connectivity index (χ3v) is 5.11. The molecule has 0 unspecified atom stereocenters. The Hall–Kier alpha value is -1.45. The third kappa shape index (κ3) is 3.84. The van der Waals surface area contributed by atoms with E-state index in [1.54, 1.807) is 0 Å². The first-order chi connectivity index (χ1) is 9.90. The highest BCUT2D eigenvalue weighted by molar-refractivity contribution is 7.89. The van der Waals surface area contributed by atoms with Crippen LogP contribution in [-0.4, -0.2) is 35.5 Å². The fourth-order valence-electron chi connectivity index (χ4n) is 3.29. The first-order valence-corrected chi connectivity index (χ1v) is 8.52. The van der Waals surface area contributed by atoms with Gasteiger partial charge in [0, 0.05) is 23.3 Å². The summed E-state index contributed by atoms with van der Waals surface area (Å²) in [5.41, 5.74) is -2.13. The minimum absolute atomic E-state index is 0.230. The first-order valence-electron chi connectivity index (χ1n) is 7.04. The minimum atomic E-state index is -4.00. The lowest BCUT2D eigenvalue weighted by molar-refractivity contribution is 0.157. The number of H-pyrrole nitrogens is 2. The molecule has 0 bridgehead atoms. The van der Waals surface area contributed by atoms with Gasteiger partial charge in [0.2, 0.25) is 10.0 Å². The monoisotopic (exact) mass is 330 g/mol. The Morgan fingerprint density at radius 2 is 1.68 bits per heavy atom. The SMILES string of the molecule is CC1(C)CC(NS(=O)(=O)c2c[nH]c(=O)[nH]c2=O)CC(C)(C)N1. The van der Waals surface area contributed by atoms with Crippen molar-refractivity contribution in [3.05, 3.63) is 27.0 Å². The molecule has 0 saturated carbocycles. The van der Waals surface area contributed by atoms with Gasteiger partial charge in [-0.15, -0.1) is 0 Å². The average Bonchev–Trinajstić information content (AvgIpc) is 2.21. The molecule has 0 aliphatic carbocycles. The standard InChI is InChI=1S/C13H22N4O4S/c1-12(2)5-8(6-13(3,4)17-12)16-22(20,21)9-7-14-11(19)15-10(9)18/h7-8,16-17H,5-6H2,1-4H3,(H2,14,15,18,19). The summed E-state index contributed by atoms with van der Waals surface area (Å²) in [4.78, 5) is 26.3. The van der Waals surface area contributed by atoms with Crippen molar-refractivity contribution in [1.29, 1.82) is 0 Å². The van der Waals surface area contributed by atoms with Crippen molar-refractivity contribution >= 4 is 10.0 Å². The smallest absolute Gasteiger partial charge is 0.313 e. The van der Waals surface area contributed by atoms with Gasteiger partial charge in [0.25, 0.3) is 5.56 Å². The van der Waals surface area contributed by atoms with Crippen molar-refractivity contribution in [2.24, 2.45) is 0 Å². The molecular weight excluding hydrogens is 308 g/mol. The van der Waals surface area contributed by atoms with Crippen molar-refractivity contribution in [2.75, 3.05) is 0 Å². The zero-order valence-electron chi connectivity index (χ0n) is 13.1. The van der Waals surface area contributed by atoms with Crippen LogP contribution in [0.1, 0.15) is 40.5 Å². The fourth-order valence-corrected chi connectivity index (χ4v) is 4.53. The number of hydrogen-bond donors (Lipinski definition) is 4. The van der Waals surface area contributed by atoms with E-state index in [0.717, 1.165) is 6.20 Å². The summed E-state index contributed by atoms with van der Waals surface area (Å²) in [6, 6.07) is -0.303. The normalized spacial score (nSPS) is 21.6. The van der Waals surface area contributed by atoms with Crippen molar-refractivity contribution in [2.45, 2.75) is 62.6 Å². The maximum atomic E-state index is 12.4. The first kappa shape index (κ1) is 16.9. The molecule has 4 N–H and O–H groups in total. The molecule has 22 heavy (non-hydrogen) atoms. The van der Waals surface area contributed by atoms with Crippen LogP contribution >= 0.6 is 0 Å². The van der Waals surface area contributed by atoms with Gasteiger partial charge in [-0.05, 0) is 40.5 Å². The van der Waals surface area contributed by atoms with Gasteiger partial charge in [0.1, 0.15) is 0 Å². The molecule has 9 heteroatoms. The van der Waals surface area contributed by atoms with Crippen molar-refractivity contribution in [1.82, 2.24) is 20.0 Å². The Labute approximate surface area is 128 Å². The largest absolute Gasteiger partial charge is 0.325 e. The van der Waals surface area contributed by atoms with E-state index in [4.69, 9.17) is 0 Å². The number of nitrogens with one attached hydrogen (secondary N) is 4. The molecule has 0 atom stereocenters. The lowest BCUT2D eigenvalue weighted by Crippen LogP contribution is -2.62. The molecule has 0 amide bonds. The Morgan fingerprint density at radius 3 is 2.18 bits per heavy atom. The van der Waals surface area contributed by atoms with E-state index >= 15 is 0 Å². The summed E-state index contributed by atoms with van der Waals surface area (Å²) >= 11 is 0. The van der Waals surface area contributed by atoms with E-state index in [2.05, 4.69) is 15.0 Å². The topological polar surface area (TPSA) is 124 Å². The van der Waals surface area contributed by atoms with E-state index in [0.29, 0.717) is 12.8 Å². The van der Waals surface area contributed by atoms with E-state index < -0.39 is 26.2 Å². The Balaban J connectivity index is 2.29. The second-order valence-corrected chi connectivity index (χ2v) is 8.74. The van der Waals surface area contributed by atoms with E-state index in [-0.39, 0.29) is 17.1 Å². The Kier molecular flexibility index (Phi) is 4.09. The molecule has 1 aliphatic heterocycles. The Morgan fingerprint density at radius 1 is 1.14 bits per heavy atom. The van der Waals surface area contributed by atoms with Gasteiger partial charge >= 0.3 is 5.69 Å². The molecule has 2 rings (SSSR count). The number of sulfonamides is 1. The maximum Gasteiger partial charge on any atom is 0.325 e. The molecule has 1 aromatic rings. The second kappa shape index (κ2) is 5.32. The van der Waals surface area contributed by atoms with Gasteiger partial charge < -0.3 is 10.3 Å². The molecule has 0 spiro atoms. The molecule has 1 fully saturated rings. The molecule has 124 valence electrons. The van der Waals surface area contributed by atoms with Gasteiger partial charge in [-0.3, -0.25) is 9.78 Å². The molecule has 0 radical (unpaired) electrons. The van der Waals surface area contributed by atoms with Gasteiger partial charge in [-0.2, -0.15) is 0 Å². The summed E-state index contributed by atoms with van der Waals surface area (Å²) in [7, 11) is -4.00. The van der Waals surface area contributed by atoms with Crippen LogP contribution in [0.25, 0.3) is 0 Å². The molecule has 2 heterocycles. The number of aromatic amines is 2. The number of hydrogen-bond acceptors (Lipinski definition) is 5. The van der Waals surface area contributed by atoms with E-state index in [9.17, 15) is 18.0 Å². The van der Waals surface area contributed by atoms with E-state index in [1.165, 1.54) is 0 Å². The number of piperidine rings is 1. The van der Waals surface area contributed by atoms with Crippen LogP contribution in [0.5, 0.6) is 0 Å². The summed E-state index contributed by atoms with van der Waals surface area (Å²) in [5, 5.41) is 3.46. The van der Waals surface area contributed by atoms with Crippen LogP contribution in [0.4, 0.5) is 0 Å². The van der Waals surface area contributed by atoms with Gasteiger partial charge in [-0.25, -0.2) is 17.9 Å². The lowest BCUT2D eigenvalue weighted by atomic mass is 9.80.